The van der Waals surface area contributed by atoms with Crippen LogP contribution in [-0.2, 0) is 6.42 Å². The molecule has 0 aromatic heterocycles. The van der Waals surface area contributed by atoms with Crippen molar-refractivity contribution in [1.29, 1.82) is 0 Å². The van der Waals surface area contributed by atoms with Crippen molar-refractivity contribution in [1.82, 2.24) is 5.32 Å². The van der Waals surface area contributed by atoms with Gasteiger partial charge >= 0.3 is 0 Å². The van der Waals surface area contributed by atoms with E-state index in [1.165, 1.54) is 11.8 Å². The van der Waals surface area contributed by atoms with E-state index in [-0.39, 0.29) is 6.04 Å². The van der Waals surface area contributed by atoms with Gasteiger partial charge in [0.05, 0.1) is 0 Å². The smallest absolute Gasteiger partial charge is 0.162 e. The first kappa shape index (κ1) is 16.1. The topological polar surface area (TPSA) is 12.0 Å². The Hall–Kier alpha value is -0.260. The van der Waals surface area contributed by atoms with E-state index < -0.39 is 11.6 Å². The molecule has 0 bridgehead atoms. The maximum absolute atomic E-state index is 13.8. The summed E-state index contributed by atoms with van der Waals surface area (Å²) in [7, 11) is 1.91. The van der Waals surface area contributed by atoms with Crippen molar-refractivity contribution >= 4 is 23.5 Å². The van der Waals surface area contributed by atoms with E-state index >= 15 is 0 Å². The SMILES string of the molecule is CCC1SCCSC1C(Cc1cccc(F)c1F)NC. The van der Waals surface area contributed by atoms with Crippen molar-refractivity contribution in [3.05, 3.63) is 35.4 Å². The number of thioether (sulfide) groups is 2. The Labute approximate surface area is 128 Å². The molecule has 0 saturated carbocycles. The maximum atomic E-state index is 13.8. The summed E-state index contributed by atoms with van der Waals surface area (Å²) < 4.78 is 27.1. The molecular weight excluding hydrogens is 296 g/mol. The molecule has 0 amide bonds. The maximum Gasteiger partial charge on any atom is 0.162 e. The van der Waals surface area contributed by atoms with Gasteiger partial charge in [-0.1, -0.05) is 19.1 Å². The fourth-order valence-corrected chi connectivity index (χ4v) is 5.94. The van der Waals surface area contributed by atoms with Crippen LogP contribution >= 0.6 is 23.5 Å². The average Bonchev–Trinajstić information content (AvgIpc) is 2.49. The fraction of sp³-hybridized carbons (Fsp3) is 0.600. The molecule has 1 aliphatic rings. The van der Waals surface area contributed by atoms with E-state index in [2.05, 4.69) is 12.2 Å². The quantitative estimate of drug-likeness (QED) is 0.889. The van der Waals surface area contributed by atoms with Crippen LogP contribution in [0.15, 0.2) is 18.2 Å². The highest BCUT2D eigenvalue weighted by Crippen LogP contribution is 2.36. The minimum Gasteiger partial charge on any atom is -0.316 e. The summed E-state index contributed by atoms with van der Waals surface area (Å²) in [6.07, 6.45) is 1.65. The van der Waals surface area contributed by atoms with Gasteiger partial charge in [0.25, 0.3) is 0 Å². The monoisotopic (exact) mass is 317 g/mol. The number of halogens is 2. The second kappa shape index (κ2) is 7.66. The Kier molecular flexibility index (Phi) is 6.18. The van der Waals surface area contributed by atoms with E-state index in [0.29, 0.717) is 22.5 Å². The molecule has 20 heavy (non-hydrogen) atoms. The molecule has 112 valence electrons. The van der Waals surface area contributed by atoms with Crippen LogP contribution in [0.1, 0.15) is 18.9 Å². The van der Waals surface area contributed by atoms with Crippen molar-refractivity contribution < 1.29 is 8.78 Å². The van der Waals surface area contributed by atoms with Crippen LogP contribution in [0.2, 0.25) is 0 Å². The number of benzene rings is 1. The van der Waals surface area contributed by atoms with Crippen molar-refractivity contribution in [3.8, 4) is 0 Å². The van der Waals surface area contributed by atoms with Crippen LogP contribution in [0.25, 0.3) is 0 Å². The zero-order chi connectivity index (χ0) is 14.5. The lowest BCUT2D eigenvalue weighted by Gasteiger charge is -2.36. The van der Waals surface area contributed by atoms with Crippen LogP contribution in [0, 0.1) is 11.6 Å². The third-order valence-electron chi connectivity index (χ3n) is 3.73. The third kappa shape index (κ3) is 3.68. The van der Waals surface area contributed by atoms with Crippen LogP contribution in [-0.4, -0.2) is 35.1 Å². The molecule has 3 unspecified atom stereocenters. The summed E-state index contributed by atoms with van der Waals surface area (Å²) >= 11 is 3.96. The molecule has 1 N–H and O–H groups in total. The van der Waals surface area contributed by atoms with Gasteiger partial charge in [-0.3, -0.25) is 0 Å². The fourth-order valence-electron chi connectivity index (χ4n) is 2.64. The number of hydrogen-bond acceptors (Lipinski definition) is 3. The first-order chi connectivity index (χ1) is 9.67. The minimum absolute atomic E-state index is 0.175. The minimum atomic E-state index is -0.755. The Bertz CT molecular complexity index is 442. The van der Waals surface area contributed by atoms with Crippen molar-refractivity contribution in [3.63, 3.8) is 0 Å². The van der Waals surface area contributed by atoms with Gasteiger partial charge in [0.15, 0.2) is 11.6 Å². The van der Waals surface area contributed by atoms with Gasteiger partial charge in [-0.25, -0.2) is 8.78 Å². The highest BCUT2D eigenvalue weighted by molar-refractivity contribution is 8.07. The first-order valence-corrected chi connectivity index (χ1v) is 9.10. The lowest BCUT2D eigenvalue weighted by Crippen LogP contribution is -2.45. The van der Waals surface area contributed by atoms with Gasteiger partial charge in [-0.2, -0.15) is 23.5 Å². The summed E-state index contributed by atoms with van der Waals surface area (Å²) in [6, 6.07) is 4.62. The van der Waals surface area contributed by atoms with Gasteiger partial charge in [-0.05, 0) is 31.5 Å². The molecule has 1 aliphatic heterocycles. The van der Waals surface area contributed by atoms with Crippen LogP contribution in [0.4, 0.5) is 8.78 Å². The molecule has 1 nitrogen and oxygen atoms in total. The predicted molar refractivity (Wildman–Crippen MR) is 85.7 cm³/mol. The molecule has 0 aliphatic carbocycles. The summed E-state index contributed by atoms with van der Waals surface area (Å²) in [6.45, 7) is 2.20. The molecule has 1 aromatic carbocycles. The predicted octanol–water partition coefficient (Wildman–Crippen LogP) is 3.72. The first-order valence-electron chi connectivity index (χ1n) is 7.00. The highest BCUT2D eigenvalue weighted by atomic mass is 32.2. The number of likely N-dealkylation sites (N-methyl/N-ethyl adjacent to an activating group) is 1. The summed E-state index contributed by atoms with van der Waals surface area (Å²) in [5.41, 5.74) is 0.468. The number of rotatable bonds is 5. The third-order valence-corrected chi connectivity index (χ3v) is 7.14. The van der Waals surface area contributed by atoms with Gasteiger partial charge in [0.1, 0.15) is 0 Å². The lowest BCUT2D eigenvalue weighted by molar-refractivity contribution is 0.473. The standard InChI is InChI=1S/C15H21F2NS2/c1-3-13-15(20-8-7-19-13)12(18-2)9-10-5-4-6-11(16)14(10)17/h4-6,12-13,15,18H,3,7-9H2,1-2H3. The van der Waals surface area contributed by atoms with E-state index in [1.807, 2.05) is 30.6 Å². The zero-order valence-electron chi connectivity index (χ0n) is 11.9. The molecular formula is C15H21F2NS2. The van der Waals surface area contributed by atoms with E-state index in [0.717, 1.165) is 12.2 Å². The molecule has 1 heterocycles. The summed E-state index contributed by atoms with van der Waals surface area (Å²) in [4.78, 5) is 0. The number of nitrogens with one attached hydrogen (secondary N) is 1. The summed E-state index contributed by atoms with van der Waals surface area (Å²) in [5, 5.41) is 4.34. The zero-order valence-corrected chi connectivity index (χ0v) is 13.5. The highest BCUT2D eigenvalue weighted by Gasteiger charge is 2.31. The second-order valence-electron chi connectivity index (χ2n) is 4.97. The molecule has 0 spiro atoms. The normalized spacial score (nSPS) is 24.6. The van der Waals surface area contributed by atoms with Gasteiger partial charge in [0, 0.05) is 28.0 Å². The van der Waals surface area contributed by atoms with Gasteiger partial charge < -0.3 is 5.32 Å². The average molecular weight is 317 g/mol. The molecule has 1 aromatic rings. The van der Waals surface area contributed by atoms with Crippen molar-refractivity contribution in [2.24, 2.45) is 0 Å². The van der Waals surface area contributed by atoms with Crippen LogP contribution in [0.3, 0.4) is 0 Å². The van der Waals surface area contributed by atoms with Gasteiger partial charge in [0.2, 0.25) is 0 Å². The molecule has 5 heteroatoms. The van der Waals surface area contributed by atoms with E-state index in [9.17, 15) is 8.78 Å². The number of hydrogen-bond donors (Lipinski definition) is 1. The molecule has 3 atom stereocenters. The Morgan fingerprint density at radius 2 is 2.05 bits per heavy atom. The largest absolute Gasteiger partial charge is 0.316 e. The summed E-state index contributed by atoms with van der Waals surface area (Å²) in [5.74, 6) is 0.865. The Morgan fingerprint density at radius 1 is 1.30 bits per heavy atom. The van der Waals surface area contributed by atoms with Crippen LogP contribution in [0.5, 0.6) is 0 Å². The Balaban J connectivity index is 2.13. The molecule has 1 saturated heterocycles. The van der Waals surface area contributed by atoms with Crippen LogP contribution < -0.4 is 5.32 Å². The Morgan fingerprint density at radius 3 is 2.75 bits per heavy atom. The second-order valence-corrected chi connectivity index (χ2v) is 7.60. The van der Waals surface area contributed by atoms with Gasteiger partial charge in [-0.15, -0.1) is 0 Å². The molecule has 2 rings (SSSR count). The lowest BCUT2D eigenvalue weighted by atomic mass is 9.99. The molecule has 0 radical (unpaired) electrons. The van der Waals surface area contributed by atoms with E-state index in [1.54, 1.807) is 12.1 Å². The van der Waals surface area contributed by atoms with Crippen molar-refractivity contribution in [2.45, 2.75) is 36.3 Å². The van der Waals surface area contributed by atoms with E-state index in [4.69, 9.17) is 0 Å². The molecule has 1 fully saturated rings. The van der Waals surface area contributed by atoms with Crippen molar-refractivity contribution in [2.75, 3.05) is 18.6 Å².